The summed E-state index contributed by atoms with van der Waals surface area (Å²) in [6.45, 7) is 0. The van der Waals surface area contributed by atoms with Gasteiger partial charge in [-0.15, -0.1) is 0 Å². The summed E-state index contributed by atoms with van der Waals surface area (Å²) in [4.78, 5) is 13.7. The van der Waals surface area contributed by atoms with E-state index in [1.165, 1.54) is 30.5 Å². The minimum Gasteiger partial charge on any atom is -0.477 e. The van der Waals surface area contributed by atoms with Crippen molar-refractivity contribution >= 4 is 5.97 Å². The van der Waals surface area contributed by atoms with E-state index in [9.17, 15) is 4.79 Å². The molecule has 0 radical (unpaired) electrons. The third-order valence-corrected chi connectivity index (χ3v) is 3.39. The second kappa shape index (κ2) is 2.16. The molecule has 1 fully saturated rings. The number of H-pyrrole nitrogens is 1. The van der Waals surface area contributed by atoms with E-state index in [1.54, 1.807) is 0 Å². The van der Waals surface area contributed by atoms with Crippen LogP contribution in [0.3, 0.4) is 0 Å². The summed E-state index contributed by atoms with van der Waals surface area (Å²) >= 11 is 0. The van der Waals surface area contributed by atoms with Gasteiger partial charge in [0.2, 0.25) is 0 Å². The average molecular weight is 177 g/mol. The molecule has 0 spiro atoms. The molecule has 1 saturated carbocycles. The first-order valence-corrected chi connectivity index (χ1v) is 4.72. The summed E-state index contributed by atoms with van der Waals surface area (Å²) in [6, 6.07) is 1.82. The lowest BCUT2D eigenvalue weighted by molar-refractivity contribution is 0.0691. The minimum absolute atomic E-state index is 0.363. The zero-order valence-corrected chi connectivity index (χ0v) is 7.21. The molecule has 0 aromatic carbocycles. The molecule has 0 saturated heterocycles. The highest BCUT2D eigenvalue weighted by Gasteiger charge is 2.38. The van der Waals surface area contributed by atoms with Crippen LogP contribution in [-0.4, -0.2) is 16.1 Å². The Hall–Kier alpha value is -1.25. The molecule has 3 heteroatoms. The van der Waals surface area contributed by atoms with E-state index in [1.807, 2.05) is 6.07 Å². The van der Waals surface area contributed by atoms with E-state index in [4.69, 9.17) is 5.11 Å². The molecule has 68 valence electrons. The summed E-state index contributed by atoms with van der Waals surface area (Å²) in [5.74, 6) is 0.422. The molecule has 2 aliphatic carbocycles. The van der Waals surface area contributed by atoms with Crippen molar-refractivity contribution < 1.29 is 9.90 Å². The highest BCUT2D eigenvalue weighted by atomic mass is 16.4. The molecule has 0 amide bonds. The second-order valence-electron chi connectivity index (χ2n) is 4.06. The van der Waals surface area contributed by atoms with Gasteiger partial charge < -0.3 is 10.1 Å². The normalized spacial score (nSPS) is 29.2. The molecule has 1 heterocycles. The van der Waals surface area contributed by atoms with Gasteiger partial charge in [-0.25, -0.2) is 4.79 Å². The first-order valence-electron chi connectivity index (χ1n) is 4.72. The molecule has 2 bridgehead atoms. The van der Waals surface area contributed by atoms with E-state index in [0.29, 0.717) is 17.5 Å². The first-order chi connectivity index (χ1) is 6.25. The predicted octanol–water partition coefficient (Wildman–Crippen LogP) is 2.08. The molecule has 2 unspecified atom stereocenters. The molecule has 3 rings (SSSR count). The molecule has 2 aliphatic rings. The Balaban J connectivity index is 2.11. The van der Waals surface area contributed by atoms with Crippen LogP contribution in [0.1, 0.15) is 52.8 Å². The Bertz CT molecular complexity index is 353. The number of carboxylic acid groups (broad SMARTS) is 1. The van der Waals surface area contributed by atoms with Crippen LogP contribution in [0.5, 0.6) is 0 Å². The molecular formula is C10H11NO2. The van der Waals surface area contributed by atoms with Gasteiger partial charge in [-0.2, -0.15) is 0 Å². The number of aromatic carboxylic acids is 1. The van der Waals surface area contributed by atoms with Crippen molar-refractivity contribution in [1.29, 1.82) is 0 Å². The zero-order chi connectivity index (χ0) is 9.00. The predicted molar refractivity (Wildman–Crippen MR) is 47.1 cm³/mol. The number of carbonyl (C=O) groups is 1. The van der Waals surface area contributed by atoms with E-state index < -0.39 is 5.97 Å². The summed E-state index contributed by atoms with van der Waals surface area (Å²) in [5, 5.41) is 8.80. The van der Waals surface area contributed by atoms with Gasteiger partial charge in [0.1, 0.15) is 5.69 Å². The smallest absolute Gasteiger partial charge is 0.352 e. The van der Waals surface area contributed by atoms with Crippen molar-refractivity contribution in [3.8, 4) is 0 Å². The first kappa shape index (κ1) is 7.18. The number of aromatic nitrogens is 1. The van der Waals surface area contributed by atoms with Gasteiger partial charge in [-0.05, 0) is 42.7 Å². The summed E-state index contributed by atoms with van der Waals surface area (Å²) in [7, 11) is 0. The fraction of sp³-hybridized carbons (Fsp3) is 0.500. The largest absolute Gasteiger partial charge is 0.477 e. The van der Waals surface area contributed by atoms with Gasteiger partial charge in [0, 0.05) is 5.69 Å². The van der Waals surface area contributed by atoms with Crippen LogP contribution in [0.4, 0.5) is 0 Å². The molecule has 2 atom stereocenters. The van der Waals surface area contributed by atoms with E-state index >= 15 is 0 Å². The van der Waals surface area contributed by atoms with E-state index in [-0.39, 0.29) is 0 Å². The fourth-order valence-electron chi connectivity index (χ4n) is 2.80. The SMILES string of the molecule is O=C(O)c1cc2c([nH]1)C1CCC2C1. The lowest BCUT2D eigenvalue weighted by Gasteiger charge is -2.08. The fourth-order valence-corrected chi connectivity index (χ4v) is 2.80. The third-order valence-electron chi connectivity index (χ3n) is 3.39. The van der Waals surface area contributed by atoms with Gasteiger partial charge in [-0.1, -0.05) is 0 Å². The molecule has 1 aromatic heterocycles. The van der Waals surface area contributed by atoms with Crippen LogP contribution in [0.15, 0.2) is 6.07 Å². The number of aromatic amines is 1. The highest BCUT2D eigenvalue weighted by molar-refractivity contribution is 5.86. The lowest BCUT2D eigenvalue weighted by Crippen LogP contribution is -1.98. The number of fused-ring (bicyclic) bond motifs is 5. The Kier molecular flexibility index (Phi) is 1.19. The zero-order valence-electron chi connectivity index (χ0n) is 7.21. The number of hydrogen-bond donors (Lipinski definition) is 2. The molecule has 13 heavy (non-hydrogen) atoms. The van der Waals surface area contributed by atoms with Gasteiger partial charge in [0.25, 0.3) is 0 Å². The van der Waals surface area contributed by atoms with Crippen molar-refractivity contribution in [3.05, 3.63) is 23.0 Å². The van der Waals surface area contributed by atoms with Gasteiger partial charge in [0.15, 0.2) is 0 Å². The minimum atomic E-state index is -0.839. The van der Waals surface area contributed by atoms with Crippen molar-refractivity contribution in [1.82, 2.24) is 4.98 Å². The van der Waals surface area contributed by atoms with E-state index in [2.05, 4.69) is 4.98 Å². The number of nitrogens with one attached hydrogen (secondary N) is 1. The molecule has 1 aromatic rings. The molecule has 0 aliphatic heterocycles. The van der Waals surface area contributed by atoms with Crippen molar-refractivity contribution in [3.63, 3.8) is 0 Å². The highest BCUT2D eigenvalue weighted by Crippen LogP contribution is 2.52. The molecular weight excluding hydrogens is 166 g/mol. The molecule has 3 nitrogen and oxygen atoms in total. The number of hydrogen-bond acceptors (Lipinski definition) is 1. The van der Waals surface area contributed by atoms with Crippen LogP contribution in [-0.2, 0) is 0 Å². The Labute approximate surface area is 75.8 Å². The molecule has 2 N–H and O–H groups in total. The Morgan fingerprint density at radius 1 is 1.46 bits per heavy atom. The van der Waals surface area contributed by atoms with E-state index in [0.717, 1.165) is 0 Å². The second-order valence-corrected chi connectivity index (χ2v) is 4.06. The Morgan fingerprint density at radius 2 is 2.23 bits per heavy atom. The number of carboxylic acids is 1. The van der Waals surface area contributed by atoms with Crippen LogP contribution in [0.2, 0.25) is 0 Å². The third kappa shape index (κ3) is 0.816. The van der Waals surface area contributed by atoms with Crippen LogP contribution in [0.25, 0.3) is 0 Å². The van der Waals surface area contributed by atoms with Gasteiger partial charge >= 0.3 is 5.97 Å². The van der Waals surface area contributed by atoms with Crippen molar-refractivity contribution in [2.45, 2.75) is 31.1 Å². The lowest BCUT2D eigenvalue weighted by atomic mass is 9.98. The monoisotopic (exact) mass is 177 g/mol. The quantitative estimate of drug-likeness (QED) is 0.690. The van der Waals surface area contributed by atoms with Crippen molar-refractivity contribution in [2.24, 2.45) is 0 Å². The van der Waals surface area contributed by atoms with Gasteiger partial charge in [-0.3, -0.25) is 0 Å². The standard InChI is InChI=1S/C10H11NO2/c12-10(13)8-4-7-5-1-2-6(3-5)9(7)11-8/h4-6,11H,1-3H2,(H,12,13). The maximum absolute atomic E-state index is 10.7. The van der Waals surface area contributed by atoms with Crippen LogP contribution in [0, 0.1) is 0 Å². The topological polar surface area (TPSA) is 53.1 Å². The van der Waals surface area contributed by atoms with Gasteiger partial charge in [0.05, 0.1) is 0 Å². The maximum Gasteiger partial charge on any atom is 0.352 e. The summed E-state index contributed by atoms with van der Waals surface area (Å²) in [6.07, 6.45) is 3.72. The number of rotatable bonds is 1. The summed E-state index contributed by atoms with van der Waals surface area (Å²) in [5.41, 5.74) is 2.84. The Morgan fingerprint density at radius 3 is 2.92 bits per heavy atom. The summed E-state index contributed by atoms with van der Waals surface area (Å²) < 4.78 is 0. The van der Waals surface area contributed by atoms with Crippen LogP contribution < -0.4 is 0 Å². The van der Waals surface area contributed by atoms with Crippen LogP contribution >= 0.6 is 0 Å². The van der Waals surface area contributed by atoms with Crippen molar-refractivity contribution in [2.75, 3.05) is 0 Å². The average Bonchev–Trinajstić information content (AvgIpc) is 2.76. The maximum atomic E-state index is 10.7.